The normalized spacial score (nSPS) is 18.0. The average molecular weight is 319 g/mol. The number of aryl methyl sites for hydroxylation is 2. The first-order valence-electron chi connectivity index (χ1n) is 8.29. The van der Waals surface area contributed by atoms with E-state index < -0.39 is 6.10 Å². The van der Waals surface area contributed by atoms with Gasteiger partial charge in [-0.2, -0.15) is 0 Å². The van der Waals surface area contributed by atoms with Crippen molar-refractivity contribution in [3.8, 4) is 0 Å². The number of piperazine rings is 1. The second-order valence-electron chi connectivity index (χ2n) is 6.71. The molecule has 1 aliphatic rings. The summed E-state index contributed by atoms with van der Waals surface area (Å²) in [5, 5.41) is 10.3. The predicted molar refractivity (Wildman–Crippen MR) is 92.8 cm³/mol. The number of β-amino-alcohol motifs (C(OH)–C–C–N with tert-alkyl or cyclic N) is 1. The molecule has 1 atom stereocenters. The van der Waals surface area contributed by atoms with Crippen molar-refractivity contribution < 1.29 is 9.90 Å². The summed E-state index contributed by atoms with van der Waals surface area (Å²) in [7, 11) is 3.88. The first-order valence-corrected chi connectivity index (χ1v) is 8.29. The minimum atomic E-state index is -0.517. The molecule has 1 aliphatic heterocycles. The van der Waals surface area contributed by atoms with E-state index in [0.717, 1.165) is 42.9 Å². The minimum Gasteiger partial charge on any atom is -0.390 e. The zero-order valence-electron chi connectivity index (χ0n) is 14.7. The number of benzene rings is 1. The van der Waals surface area contributed by atoms with Crippen molar-refractivity contribution >= 4 is 5.91 Å². The highest BCUT2D eigenvalue weighted by Gasteiger charge is 2.21. The fourth-order valence-electron chi connectivity index (χ4n) is 3.13. The first kappa shape index (κ1) is 17.9. The van der Waals surface area contributed by atoms with Gasteiger partial charge in [-0.15, -0.1) is 0 Å². The molecule has 2 rings (SSSR count). The molecule has 0 aromatic heterocycles. The van der Waals surface area contributed by atoms with E-state index in [1.54, 1.807) is 11.9 Å². The molecule has 1 amide bonds. The van der Waals surface area contributed by atoms with Gasteiger partial charge in [0.2, 0.25) is 0 Å². The predicted octanol–water partition coefficient (Wildman–Crippen LogP) is 0.984. The standard InChI is InChI=1S/C18H29N3O2/c1-14-6-5-7-15(2)17(14)18(23)20(4)12-16(22)13-21-10-8-19(3)9-11-21/h5-7,16,22H,8-13H2,1-4H3. The molecule has 0 bridgehead atoms. The van der Waals surface area contributed by atoms with Gasteiger partial charge >= 0.3 is 0 Å². The third kappa shape index (κ3) is 4.77. The number of carbonyl (C=O) groups excluding carboxylic acids is 1. The summed E-state index contributed by atoms with van der Waals surface area (Å²) in [5.41, 5.74) is 2.72. The van der Waals surface area contributed by atoms with Gasteiger partial charge in [0.05, 0.1) is 6.10 Å². The number of amides is 1. The fraction of sp³-hybridized carbons (Fsp3) is 0.611. The molecule has 0 saturated carbocycles. The van der Waals surface area contributed by atoms with Gasteiger partial charge in [-0.3, -0.25) is 9.69 Å². The number of hydrogen-bond acceptors (Lipinski definition) is 4. The Bertz CT molecular complexity index is 519. The van der Waals surface area contributed by atoms with Crippen LogP contribution in [0.4, 0.5) is 0 Å². The van der Waals surface area contributed by atoms with Crippen molar-refractivity contribution in [2.45, 2.75) is 20.0 Å². The van der Waals surface area contributed by atoms with E-state index in [9.17, 15) is 9.90 Å². The van der Waals surface area contributed by atoms with Crippen LogP contribution in [0.25, 0.3) is 0 Å². The van der Waals surface area contributed by atoms with Crippen molar-refractivity contribution in [3.63, 3.8) is 0 Å². The maximum Gasteiger partial charge on any atom is 0.254 e. The lowest BCUT2D eigenvalue weighted by molar-refractivity contribution is 0.0501. The van der Waals surface area contributed by atoms with E-state index in [-0.39, 0.29) is 5.91 Å². The molecule has 1 fully saturated rings. The summed E-state index contributed by atoms with van der Waals surface area (Å²) < 4.78 is 0. The van der Waals surface area contributed by atoms with Crippen molar-refractivity contribution in [2.75, 3.05) is 53.4 Å². The van der Waals surface area contributed by atoms with Gasteiger partial charge in [-0.25, -0.2) is 0 Å². The fourth-order valence-corrected chi connectivity index (χ4v) is 3.13. The Labute approximate surface area is 139 Å². The number of aliphatic hydroxyl groups is 1. The Morgan fingerprint density at radius 3 is 2.35 bits per heavy atom. The van der Waals surface area contributed by atoms with Crippen molar-refractivity contribution in [3.05, 3.63) is 34.9 Å². The van der Waals surface area contributed by atoms with Crippen molar-refractivity contribution in [1.82, 2.24) is 14.7 Å². The Morgan fingerprint density at radius 1 is 1.22 bits per heavy atom. The third-order valence-electron chi connectivity index (χ3n) is 4.59. The largest absolute Gasteiger partial charge is 0.390 e. The molecule has 5 nitrogen and oxygen atoms in total. The summed E-state index contributed by atoms with van der Waals surface area (Å²) in [4.78, 5) is 18.8. The van der Waals surface area contributed by atoms with Gasteiger partial charge in [-0.05, 0) is 32.0 Å². The van der Waals surface area contributed by atoms with E-state index in [4.69, 9.17) is 0 Å². The molecule has 1 saturated heterocycles. The summed E-state index contributed by atoms with van der Waals surface area (Å²) in [6.45, 7) is 8.90. The maximum atomic E-state index is 12.7. The summed E-state index contributed by atoms with van der Waals surface area (Å²) >= 11 is 0. The highest BCUT2D eigenvalue weighted by atomic mass is 16.3. The van der Waals surface area contributed by atoms with Gasteiger partial charge < -0.3 is 14.9 Å². The van der Waals surface area contributed by atoms with Crippen LogP contribution in [0.2, 0.25) is 0 Å². The Balaban J connectivity index is 1.90. The quantitative estimate of drug-likeness (QED) is 0.879. The van der Waals surface area contributed by atoms with Crippen LogP contribution in [0.15, 0.2) is 18.2 Å². The van der Waals surface area contributed by atoms with E-state index >= 15 is 0 Å². The average Bonchev–Trinajstić information content (AvgIpc) is 2.49. The lowest BCUT2D eigenvalue weighted by Gasteiger charge is -2.34. The molecular weight excluding hydrogens is 290 g/mol. The van der Waals surface area contributed by atoms with Crippen LogP contribution in [0, 0.1) is 13.8 Å². The van der Waals surface area contributed by atoms with Crippen LogP contribution in [0.3, 0.4) is 0 Å². The minimum absolute atomic E-state index is 0.0157. The van der Waals surface area contributed by atoms with E-state index in [0.29, 0.717) is 13.1 Å². The van der Waals surface area contributed by atoms with Crippen LogP contribution in [-0.4, -0.2) is 85.2 Å². The van der Waals surface area contributed by atoms with Gasteiger partial charge in [0.1, 0.15) is 0 Å². The Hall–Kier alpha value is -1.43. The molecule has 128 valence electrons. The van der Waals surface area contributed by atoms with Crippen molar-refractivity contribution in [2.24, 2.45) is 0 Å². The first-order chi connectivity index (χ1) is 10.9. The number of aliphatic hydroxyl groups excluding tert-OH is 1. The van der Waals surface area contributed by atoms with Gasteiger partial charge in [0, 0.05) is 51.9 Å². The van der Waals surface area contributed by atoms with Crippen LogP contribution >= 0.6 is 0 Å². The lowest BCUT2D eigenvalue weighted by Crippen LogP contribution is -2.49. The number of hydrogen-bond donors (Lipinski definition) is 1. The third-order valence-corrected chi connectivity index (χ3v) is 4.59. The Kier molecular flexibility index (Phi) is 6.16. The van der Waals surface area contributed by atoms with Gasteiger partial charge in [0.15, 0.2) is 0 Å². The number of likely N-dealkylation sites (N-methyl/N-ethyl adjacent to an activating group) is 2. The molecule has 5 heteroatoms. The summed E-state index contributed by atoms with van der Waals surface area (Å²) in [6.07, 6.45) is -0.517. The number of carbonyl (C=O) groups is 1. The van der Waals surface area contributed by atoms with Crippen LogP contribution < -0.4 is 0 Å². The van der Waals surface area contributed by atoms with E-state index in [2.05, 4.69) is 16.8 Å². The highest BCUT2D eigenvalue weighted by Crippen LogP contribution is 2.15. The van der Waals surface area contributed by atoms with Crippen LogP contribution in [-0.2, 0) is 0 Å². The summed E-state index contributed by atoms with van der Waals surface area (Å²) in [5.74, 6) is -0.0157. The molecule has 1 heterocycles. The molecule has 1 N–H and O–H groups in total. The molecule has 1 aromatic carbocycles. The molecule has 0 spiro atoms. The second kappa shape index (κ2) is 7.90. The maximum absolute atomic E-state index is 12.7. The molecule has 0 radical (unpaired) electrons. The molecular formula is C18H29N3O2. The van der Waals surface area contributed by atoms with Gasteiger partial charge in [0.25, 0.3) is 5.91 Å². The second-order valence-corrected chi connectivity index (χ2v) is 6.71. The molecule has 0 aliphatic carbocycles. The number of rotatable bonds is 5. The molecule has 1 aromatic rings. The van der Waals surface area contributed by atoms with Crippen LogP contribution in [0.5, 0.6) is 0 Å². The lowest BCUT2D eigenvalue weighted by atomic mass is 10.0. The van der Waals surface area contributed by atoms with Gasteiger partial charge in [-0.1, -0.05) is 18.2 Å². The zero-order chi connectivity index (χ0) is 17.0. The van der Waals surface area contributed by atoms with E-state index in [1.807, 2.05) is 32.0 Å². The zero-order valence-corrected chi connectivity index (χ0v) is 14.7. The molecule has 23 heavy (non-hydrogen) atoms. The van der Waals surface area contributed by atoms with E-state index in [1.165, 1.54) is 0 Å². The number of nitrogens with zero attached hydrogens (tertiary/aromatic N) is 3. The van der Waals surface area contributed by atoms with Crippen molar-refractivity contribution in [1.29, 1.82) is 0 Å². The smallest absolute Gasteiger partial charge is 0.254 e. The summed E-state index contributed by atoms with van der Waals surface area (Å²) in [6, 6.07) is 5.87. The SMILES string of the molecule is Cc1cccc(C)c1C(=O)N(C)CC(O)CN1CCN(C)CC1. The topological polar surface area (TPSA) is 47.0 Å². The highest BCUT2D eigenvalue weighted by molar-refractivity contribution is 5.96. The molecule has 1 unspecified atom stereocenters. The Morgan fingerprint density at radius 2 is 1.78 bits per heavy atom. The van der Waals surface area contributed by atoms with Crippen LogP contribution in [0.1, 0.15) is 21.5 Å². The monoisotopic (exact) mass is 319 g/mol.